The SMILES string of the molecule is C[C@@H](NC(=O)c1cccs1)C(=O)N1CC=C(c2cccc3ccccc23)CC1. The summed E-state index contributed by atoms with van der Waals surface area (Å²) < 4.78 is 0. The Labute approximate surface area is 168 Å². The zero-order valence-corrected chi connectivity index (χ0v) is 16.5. The van der Waals surface area contributed by atoms with E-state index in [1.165, 1.54) is 33.2 Å². The number of rotatable bonds is 4. The fourth-order valence-corrected chi connectivity index (χ4v) is 4.26. The lowest BCUT2D eigenvalue weighted by Gasteiger charge is -2.29. The number of fused-ring (bicyclic) bond motifs is 1. The first-order valence-electron chi connectivity index (χ1n) is 9.44. The summed E-state index contributed by atoms with van der Waals surface area (Å²) in [5, 5.41) is 7.13. The highest BCUT2D eigenvalue weighted by Gasteiger charge is 2.24. The van der Waals surface area contributed by atoms with Gasteiger partial charge in [-0.15, -0.1) is 11.3 Å². The van der Waals surface area contributed by atoms with E-state index < -0.39 is 6.04 Å². The third-order valence-corrected chi connectivity index (χ3v) is 5.99. The minimum absolute atomic E-state index is 0.0434. The molecule has 1 atom stereocenters. The van der Waals surface area contributed by atoms with E-state index >= 15 is 0 Å². The molecule has 0 unspecified atom stereocenters. The van der Waals surface area contributed by atoms with Crippen molar-refractivity contribution in [2.45, 2.75) is 19.4 Å². The molecule has 142 valence electrons. The minimum atomic E-state index is -0.540. The maximum atomic E-state index is 12.7. The molecule has 1 aliphatic rings. The van der Waals surface area contributed by atoms with Gasteiger partial charge in [0, 0.05) is 13.1 Å². The van der Waals surface area contributed by atoms with Crippen molar-refractivity contribution in [3.8, 4) is 0 Å². The Kier molecular flexibility index (Phi) is 5.26. The predicted octanol–water partition coefficient (Wildman–Crippen LogP) is 4.34. The van der Waals surface area contributed by atoms with Crippen LogP contribution in [0, 0.1) is 0 Å². The van der Waals surface area contributed by atoms with Gasteiger partial charge in [0.15, 0.2) is 0 Å². The summed E-state index contributed by atoms with van der Waals surface area (Å²) in [4.78, 5) is 27.4. The van der Waals surface area contributed by atoms with Gasteiger partial charge in [-0.1, -0.05) is 54.6 Å². The van der Waals surface area contributed by atoms with E-state index in [-0.39, 0.29) is 11.8 Å². The van der Waals surface area contributed by atoms with Crippen LogP contribution in [-0.4, -0.2) is 35.8 Å². The lowest BCUT2D eigenvalue weighted by atomic mass is 9.94. The Hall–Kier alpha value is -2.92. The molecule has 2 heterocycles. The maximum Gasteiger partial charge on any atom is 0.261 e. The monoisotopic (exact) mass is 390 g/mol. The molecule has 1 N–H and O–H groups in total. The number of hydrogen-bond donors (Lipinski definition) is 1. The molecule has 5 heteroatoms. The van der Waals surface area contributed by atoms with Gasteiger partial charge >= 0.3 is 0 Å². The lowest BCUT2D eigenvalue weighted by Crippen LogP contribution is -2.48. The molecule has 0 radical (unpaired) electrons. The Morgan fingerprint density at radius 1 is 1.07 bits per heavy atom. The molecule has 0 fully saturated rings. The molecule has 0 saturated heterocycles. The Morgan fingerprint density at radius 3 is 2.64 bits per heavy atom. The standard InChI is InChI=1S/C23H22N2O2S/c1-16(24-22(26)21-10-5-15-28-21)23(27)25-13-11-18(12-14-25)20-9-4-7-17-6-2-3-8-19(17)20/h2-11,15-16H,12-14H2,1H3,(H,24,26)/t16-/m1/s1. The summed E-state index contributed by atoms with van der Waals surface area (Å²) in [6, 6.07) is 17.8. The van der Waals surface area contributed by atoms with Crippen molar-refractivity contribution < 1.29 is 9.59 Å². The topological polar surface area (TPSA) is 49.4 Å². The number of carbonyl (C=O) groups is 2. The molecule has 2 amide bonds. The first-order valence-corrected chi connectivity index (χ1v) is 10.3. The van der Waals surface area contributed by atoms with Crippen molar-refractivity contribution in [2.75, 3.05) is 13.1 Å². The summed E-state index contributed by atoms with van der Waals surface area (Å²) in [6.07, 6.45) is 2.95. The lowest BCUT2D eigenvalue weighted by molar-refractivity contribution is -0.132. The van der Waals surface area contributed by atoms with Crippen LogP contribution >= 0.6 is 11.3 Å². The van der Waals surface area contributed by atoms with Crippen LogP contribution in [0.5, 0.6) is 0 Å². The second-order valence-electron chi connectivity index (χ2n) is 6.96. The summed E-state index contributed by atoms with van der Waals surface area (Å²) in [5.74, 6) is -0.238. The van der Waals surface area contributed by atoms with Crippen LogP contribution in [0.3, 0.4) is 0 Å². The van der Waals surface area contributed by atoms with Gasteiger partial charge in [-0.05, 0) is 46.7 Å². The van der Waals surface area contributed by atoms with E-state index in [0.29, 0.717) is 18.0 Å². The van der Waals surface area contributed by atoms with Gasteiger partial charge in [0.2, 0.25) is 5.91 Å². The average Bonchev–Trinajstić information content (AvgIpc) is 3.28. The van der Waals surface area contributed by atoms with Gasteiger partial charge in [0.1, 0.15) is 6.04 Å². The van der Waals surface area contributed by atoms with E-state index in [9.17, 15) is 9.59 Å². The first kappa shape index (κ1) is 18.4. The zero-order valence-electron chi connectivity index (χ0n) is 15.7. The first-order chi connectivity index (χ1) is 13.6. The van der Waals surface area contributed by atoms with Gasteiger partial charge < -0.3 is 10.2 Å². The molecule has 0 aliphatic carbocycles. The highest BCUT2D eigenvalue weighted by atomic mass is 32.1. The summed E-state index contributed by atoms with van der Waals surface area (Å²) in [7, 11) is 0. The van der Waals surface area contributed by atoms with E-state index in [4.69, 9.17) is 0 Å². The van der Waals surface area contributed by atoms with Crippen molar-refractivity contribution in [3.63, 3.8) is 0 Å². The van der Waals surface area contributed by atoms with Crippen LogP contribution in [0.4, 0.5) is 0 Å². The van der Waals surface area contributed by atoms with Crippen LogP contribution in [0.25, 0.3) is 16.3 Å². The smallest absolute Gasteiger partial charge is 0.261 e. The molecular weight excluding hydrogens is 368 g/mol. The van der Waals surface area contributed by atoms with Gasteiger partial charge in [-0.2, -0.15) is 0 Å². The normalized spacial score (nSPS) is 15.2. The van der Waals surface area contributed by atoms with Crippen molar-refractivity contribution in [2.24, 2.45) is 0 Å². The fourth-order valence-electron chi connectivity index (χ4n) is 3.63. The molecule has 0 spiro atoms. The van der Waals surface area contributed by atoms with Crippen LogP contribution in [0.1, 0.15) is 28.6 Å². The quantitative estimate of drug-likeness (QED) is 0.721. The molecular formula is C23H22N2O2S. The number of nitrogens with one attached hydrogen (secondary N) is 1. The van der Waals surface area contributed by atoms with Crippen molar-refractivity contribution in [1.82, 2.24) is 10.2 Å². The van der Waals surface area contributed by atoms with E-state index in [0.717, 1.165) is 6.42 Å². The van der Waals surface area contributed by atoms with E-state index in [1.807, 2.05) is 22.4 Å². The number of carbonyl (C=O) groups excluding carboxylic acids is 2. The van der Waals surface area contributed by atoms with Crippen LogP contribution < -0.4 is 5.32 Å². The number of amides is 2. The minimum Gasteiger partial charge on any atom is -0.340 e. The highest BCUT2D eigenvalue weighted by Crippen LogP contribution is 2.29. The average molecular weight is 391 g/mol. The van der Waals surface area contributed by atoms with E-state index in [1.54, 1.807) is 13.0 Å². The zero-order chi connectivity index (χ0) is 19.5. The Bertz CT molecular complexity index is 1030. The van der Waals surface area contributed by atoms with Gasteiger partial charge in [0.25, 0.3) is 5.91 Å². The molecule has 0 saturated carbocycles. The van der Waals surface area contributed by atoms with Gasteiger partial charge in [-0.25, -0.2) is 0 Å². The van der Waals surface area contributed by atoms with Crippen LogP contribution in [-0.2, 0) is 4.79 Å². The summed E-state index contributed by atoms with van der Waals surface area (Å²) >= 11 is 1.37. The number of hydrogen-bond acceptors (Lipinski definition) is 3. The van der Waals surface area contributed by atoms with Crippen molar-refractivity contribution in [1.29, 1.82) is 0 Å². The molecule has 28 heavy (non-hydrogen) atoms. The second-order valence-corrected chi connectivity index (χ2v) is 7.91. The molecule has 4 nitrogen and oxygen atoms in total. The molecule has 1 aromatic heterocycles. The van der Waals surface area contributed by atoms with E-state index in [2.05, 4.69) is 47.8 Å². The Balaban J connectivity index is 1.44. The summed E-state index contributed by atoms with van der Waals surface area (Å²) in [5.41, 5.74) is 2.51. The number of thiophene rings is 1. The fraction of sp³-hybridized carbons (Fsp3) is 0.217. The largest absolute Gasteiger partial charge is 0.340 e. The number of nitrogens with zero attached hydrogens (tertiary/aromatic N) is 1. The molecule has 0 bridgehead atoms. The second kappa shape index (κ2) is 7.98. The predicted molar refractivity (Wildman–Crippen MR) is 114 cm³/mol. The molecule has 3 aromatic rings. The van der Waals surface area contributed by atoms with Gasteiger partial charge in [0.05, 0.1) is 4.88 Å². The summed E-state index contributed by atoms with van der Waals surface area (Å²) in [6.45, 7) is 2.97. The van der Waals surface area contributed by atoms with Crippen molar-refractivity contribution >= 4 is 39.5 Å². The number of benzene rings is 2. The molecule has 2 aromatic carbocycles. The van der Waals surface area contributed by atoms with Crippen molar-refractivity contribution in [3.05, 3.63) is 76.5 Å². The maximum absolute atomic E-state index is 12.7. The molecule has 1 aliphatic heterocycles. The van der Waals surface area contributed by atoms with Crippen LogP contribution in [0.15, 0.2) is 66.1 Å². The third-order valence-electron chi connectivity index (χ3n) is 5.12. The van der Waals surface area contributed by atoms with Crippen LogP contribution in [0.2, 0.25) is 0 Å². The Morgan fingerprint density at radius 2 is 1.89 bits per heavy atom. The third kappa shape index (κ3) is 3.71. The molecule has 4 rings (SSSR count). The highest BCUT2D eigenvalue weighted by molar-refractivity contribution is 7.12. The van der Waals surface area contributed by atoms with Gasteiger partial charge in [-0.3, -0.25) is 9.59 Å².